The highest BCUT2D eigenvalue weighted by molar-refractivity contribution is 5.90. The van der Waals surface area contributed by atoms with E-state index in [1.807, 2.05) is 30.3 Å². The van der Waals surface area contributed by atoms with E-state index in [9.17, 15) is 19.6 Å². The van der Waals surface area contributed by atoms with Crippen LogP contribution >= 0.6 is 0 Å². The maximum absolute atomic E-state index is 13.2. The Hall–Kier alpha value is -2.85. The fourth-order valence-corrected chi connectivity index (χ4v) is 4.33. The third-order valence-corrected chi connectivity index (χ3v) is 6.29. The average Bonchev–Trinajstić information content (AvgIpc) is 2.77. The highest BCUT2D eigenvalue weighted by atomic mass is 16.6. The first-order chi connectivity index (χ1) is 15.1. The lowest BCUT2D eigenvalue weighted by Gasteiger charge is -2.41. The van der Waals surface area contributed by atoms with Gasteiger partial charge < -0.3 is 24.8 Å². The van der Waals surface area contributed by atoms with Gasteiger partial charge in [-0.25, -0.2) is 10.3 Å². The minimum Gasteiger partial charge on any atom is -0.445 e. The van der Waals surface area contributed by atoms with Gasteiger partial charge in [0.2, 0.25) is 11.8 Å². The maximum Gasteiger partial charge on any atom is 0.410 e. The maximum atomic E-state index is 13.2. The Bertz CT molecular complexity index is 795. The lowest BCUT2D eigenvalue weighted by molar-refractivity contribution is -0.145. The number of likely N-dealkylation sites (tertiary alicyclic amines) is 1. The van der Waals surface area contributed by atoms with E-state index in [4.69, 9.17) is 4.74 Å². The molecular weight excluding hydrogens is 402 g/mol. The number of nitrogens with zero attached hydrogens (tertiary/aromatic N) is 3. The van der Waals surface area contributed by atoms with Crippen LogP contribution in [0.1, 0.15) is 12.8 Å². The summed E-state index contributed by atoms with van der Waals surface area (Å²) in [6.45, 7) is 4.14. The van der Waals surface area contributed by atoms with Crippen LogP contribution in [0.15, 0.2) is 30.3 Å². The molecule has 3 aliphatic heterocycles. The fourth-order valence-electron chi connectivity index (χ4n) is 4.33. The molecule has 10 nitrogen and oxygen atoms in total. The molecule has 4 rings (SSSR count). The summed E-state index contributed by atoms with van der Waals surface area (Å²) in [5.41, 5.74) is 2.78. The van der Waals surface area contributed by atoms with Crippen LogP contribution in [-0.4, -0.2) is 90.9 Å². The predicted molar refractivity (Wildman–Crippen MR) is 112 cm³/mol. The Balaban J connectivity index is 1.35. The number of piperidine rings is 1. The zero-order valence-electron chi connectivity index (χ0n) is 17.4. The number of hydrogen-bond acceptors (Lipinski definition) is 7. The number of carbonyl (C=O) groups is 3. The molecule has 31 heavy (non-hydrogen) atoms. The largest absolute Gasteiger partial charge is 0.445 e. The number of hydroxylamine groups is 1. The first-order valence-corrected chi connectivity index (χ1v) is 10.8. The summed E-state index contributed by atoms with van der Waals surface area (Å²) in [4.78, 5) is 43.2. The number of para-hydroxylation sites is 1. The van der Waals surface area contributed by atoms with Crippen LogP contribution in [0.3, 0.4) is 0 Å². The van der Waals surface area contributed by atoms with Gasteiger partial charge in [0.15, 0.2) is 0 Å². The van der Waals surface area contributed by atoms with Gasteiger partial charge in [-0.15, -0.1) is 0 Å². The molecule has 3 atom stereocenters. The summed E-state index contributed by atoms with van der Waals surface area (Å²) in [6, 6.07) is 9.27. The Morgan fingerprint density at radius 2 is 1.71 bits per heavy atom. The average molecular weight is 431 g/mol. The number of piperazine rings is 1. The molecule has 3 aliphatic rings. The monoisotopic (exact) mass is 431 g/mol. The fraction of sp³-hybridized carbons (Fsp3) is 0.571. The number of amides is 3. The van der Waals surface area contributed by atoms with Gasteiger partial charge >= 0.3 is 6.09 Å². The highest BCUT2D eigenvalue weighted by Crippen LogP contribution is 2.24. The molecule has 0 bridgehead atoms. The second kappa shape index (κ2) is 9.52. The number of carbonyl (C=O) groups excluding carboxylic acids is 3. The molecule has 168 valence electrons. The molecule has 3 fully saturated rings. The zero-order valence-corrected chi connectivity index (χ0v) is 17.4. The molecule has 0 radical (unpaired) electrons. The van der Waals surface area contributed by atoms with Gasteiger partial charge in [-0.1, -0.05) is 18.2 Å². The van der Waals surface area contributed by atoms with E-state index < -0.39 is 30.1 Å². The van der Waals surface area contributed by atoms with Crippen molar-refractivity contribution in [3.05, 3.63) is 30.3 Å². The van der Waals surface area contributed by atoms with E-state index in [0.29, 0.717) is 39.3 Å². The third kappa shape index (κ3) is 4.75. The number of benzene rings is 1. The molecule has 0 spiro atoms. The molecule has 0 aliphatic carbocycles. The number of nitrogens with one attached hydrogen (secondary N) is 2. The van der Waals surface area contributed by atoms with Crippen molar-refractivity contribution in [2.75, 3.05) is 50.7 Å². The van der Waals surface area contributed by atoms with Gasteiger partial charge in [-0.3, -0.25) is 14.8 Å². The second-order valence-corrected chi connectivity index (χ2v) is 8.20. The summed E-state index contributed by atoms with van der Waals surface area (Å²) in [7, 11) is 0. The van der Waals surface area contributed by atoms with Crippen molar-refractivity contribution in [2.24, 2.45) is 5.92 Å². The minimum absolute atomic E-state index is 0.172. The van der Waals surface area contributed by atoms with Crippen molar-refractivity contribution in [1.29, 1.82) is 0 Å². The number of hydrogen-bond donors (Lipinski definition) is 3. The Labute approximate surface area is 181 Å². The van der Waals surface area contributed by atoms with E-state index in [0.717, 1.165) is 12.1 Å². The Morgan fingerprint density at radius 3 is 2.32 bits per heavy atom. The summed E-state index contributed by atoms with van der Waals surface area (Å²) >= 11 is 0. The highest BCUT2D eigenvalue weighted by Gasteiger charge is 2.43. The van der Waals surface area contributed by atoms with Crippen LogP contribution in [0.25, 0.3) is 0 Å². The van der Waals surface area contributed by atoms with Crippen molar-refractivity contribution in [2.45, 2.75) is 25.0 Å². The van der Waals surface area contributed by atoms with Crippen LogP contribution < -0.4 is 15.7 Å². The molecule has 10 heteroatoms. The molecule has 3 N–H and O–H groups in total. The first kappa shape index (κ1) is 21.4. The standard InChI is InChI=1S/C21H29N5O5/c27-19(23-30)17-13-16(31-21(29)26-7-4-8-26)14-22-18(17)20(28)25-11-9-24(10-12-25)15-5-2-1-3-6-15/h1-3,5-6,16-18,22,30H,4,7-14H2,(H,23,27). The van der Waals surface area contributed by atoms with Crippen molar-refractivity contribution in [1.82, 2.24) is 20.6 Å². The van der Waals surface area contributed by atoms with Crippen LogP contribution in [0.2, 0.25) is 0 Å². The lowest BCUT2D eigenvalue weighted by Crippen LogP contribution is -2.62. The number of anilines is 1. The summed E-state index contributed by atoms with van der Waals surface area (Å²) in [5, 5.41) is 12.3. The quantitative estimate of drug-likeness (QED) is 0.455. The van der Waals surface area contributed by atoms with Gasteiger partial charge in [-0.2, -0.15) is 0 Å². The number of rotatable bonds is 4. The topological polar surface area (TPSA) is 114 Å². The summed E-state index contributed by atoms with van der Waals surface area (Å²) in [5.74, 6) is -1.65. The minimum atomic E-state index is -0.826. The molecule has 0 aromatic heterocycles. The Kier molecular flexibility index (Phi) is 6.57. The van der Waals surface area contributed by atoms with Gasteiger partial charge in [-0.05, 0) is 25.0 Å². The molecule has 3 unspecified atom stereocenters. The Morgan fingerprint density at radius 1 is 1.00 bits per heavy atom. The second-order valence-electron chi connectivity index (χ2n) is 8.20. The van der Waals surface area contributed by atoms with Gasteiger partial charge in [0, 0.05) is 51.5 Å². The smallest absolute Gasteiger partial charge is 0.410 e. The predicted octanol–water partition coefficient (Wildman–Crippen LogP) is 0.0296. The van der Waals surface area contributed by atoms with Crippen LogP contribution in [-0.2, 0) is 14.3 Å². The first-order valence-electron chi connectivity index (χ1n) is 10.8. The molecule has 3 amide bonds. The molecule has 3 saturated heterocycles. The molecule has 3 heterocycles. The van der Waals surface area contributed by atoms with E-state index >= 15 is 0 Å². The van der Waals surface area contributed by atoms with Crippen molar-refractivity contribution < 1.29 is 24.3 Å². The van der Waals surface area contributed by atoms with Gasteiger partial charge in [0.25, 0.3) is 0 Å². The van der Waals surface area contributed by atoms with E-state index in [-0.39, 0.29) is 18.9 Å². The van der Waals surface area contributed by atoms with Crippen molar-refractivity contribution in [3.8, 4) is 0 Å². The SMILES string of the molecule is O=C(NO)C1CC(OC(=O)N2CCC2)CNC1C(=O)N1CCN(c2ccccc2)CC1. The van der Waals surface area contributed by atoms with Crippen molar-refractivity contribution >= 4 is 23.6 Å². The zero-order chi connectivity index (χ0) is 21.8. The normalized spacial score (nSPS) is 26.1. The van der Waals surface area contributed by atoms with Crippen LogP contribution in [0.4, 0.5) is 10.5 Å². The van der Waals surface area contributed by atoms with Crippen LogP contribution in [0, 0.1) is 5.92 Å². The molecule has 1 aromatic carbocycles. The van der Waals surface area contributed by atoms with E-state index in [2.05, 4.69) is 10.2 Å². The summed E-state index contributed by atoms with van der Waals surface area (Å²) in [6.07, 6.45) is 0.207. The molecular formula is C21H29N5O5. The third-order valence-electron chi connectivity index (χ3n) is 6.29. The molecule has 1 aromatic rings. The molecule has 0 saturated carbocycles. The lowest BCUT2D eigenvalue weighted by atomic mass is 9.87. The van der Waals surface area contributed by atoms with Crippen molar-refractivity contribution in [3.63, 3.8) is 0 Å². The summed E-state index contributed by atoms with van der Waals surface area (Å²) < 4.78 is 5.49. The van der Waals surface area contributed by atoms with E-state index in [1.165, 1.54) is 0 Å². The van der Waals surface area contributed by atoms with E-state index in [1.54, 1.807) is 15.3 Å². The number of ether oxygens (including phenoxy) is 1. The van der Waals surface area contributed by atoms with Crippen LogP contribution in [0.5, 0.6) is 0 Å². The van der Waals surface area contributed by atoms with Gasteiger partial charge in [0.05, 0.1) is 12.0 Å². The van der Waals surface area contributed by atoms with Gasteiger partial charge in [0.1, 0.15) is 6.10 Å².